The molecule has 0 aliphatic carbocycles. The van der Waals surface area contributed by atoms with Gasteiger partial charge in [-0.2, -0.15) is 0 Å². The molecule has 2 nitrogen and oxygen atoms in total. The van der Waals surface area contributed by atoms with E-state index < -0.39 is 0 Å². The van der Waals surface area contributed by atoms with Crippen molar-refractivity contribution in [1.82, 2.24) is 9.80 Å². The quantitative estimate of drug-likeness (QED) is 0.359. The fraction of sp³-hybridized carbons (Fsp3) is 1.00. The number of hydrogen-bond acceptors (Lipinski definition) is 3. The second-order valence-electron chi connectivity index (χ2n) is 2.95. The molecular formula is C6H15N2PS. The predicted octanol–water partition coefficient (Wildman–Crippen LogP) is 1.49. The second kappa shape index (κ2) is 2.63. The molecule has 0 spiro atoms. The van der Waals surface area contributed by atoms with E-state index in [4.69, 9.17) is 0 Å². The molecule has 1 aliphatic heterocycles. The van der Waals surface area contributed by atoms with Crippen LogP contribution in [-0.2, 0) is 0 Å². The van der Waals surface area contributed by atoms with Gasteiger partial charge in [0, 0.05) is 7.12 Å². The Labute approximate surface area is 68.4 Å². The van der Waals surface area contributed by atoms with Crippen LogP contribution in [0.4, 0.5) is 0 Å². The van der Waals surface area contributed by atoms with Gasteiger partial charge in [-0.15, -0.1) is 0 Å². The first-order valence-corrected chi connectivity index (χ1v) is 6.50. The summed E-state index contributed by atoms with van der Waals surface area (Å²) in [7, 11) is 8.78. The zero-order valence-corrected chi connectivity index (χ0v) is 8.96. The largest absolute Gasteiger partial charge is 0.278 e. The highest BCUT2D eigenvalue weighted by atomic mass is 32.8. The van der Waals surface area contributed by atoms with Gasteiger partial charge in [0.25, 0.3) is 0 Å². The van der Waals surface area contributed by atoms with E-state index >= 15 is 0 Å². The average Bonchev–Trinajstić information content (AvgIpc) is 2.42. The lowest BCUT2D eigenvalue weighted by Crippen LogP contribution is -2.41. The van der Waals surface area contributed by atoms with Gasteiger partial charge in [0.15, 0.2) is 4.74 Å². The van der Waals surface area contributed by atoms with Crippen LogP contribution < -0.4 is 0 Å². The van der Waals surface area contributed by atoms with E-state index in [1.54, 1.807) is 0 Å². The topological polar surface area (TPSA) is 6.48 Å². The maximum atomic E-state index is 2.33. The Kier molecular flexibility index (Phi) is 2.31. The summed E-state index contributed by atoms with van der Waals surface area (Å²) in [6.45, 7) is 2.33. The van der Waals surface area contributed by atoms with E-state index in [0.29, 0.717) is 4.74 Å². The Bertz CT molecular complexity index is 130. The Morgan fingerprint density at radius 1 is 1.10 bits per heavy atom. The lowest BCUT2D eigenvalue weighted by Gasteiger charge is -2.29. The van der Waals surface area contributed by atoms with Crippen LogP contribution in [0, 0.1) is 0 Å². The molecule has 0 radical (unpaired) electrons. The van der Waals surface area contributed by atoms with Crippen molar-refractivity contribution in [3.8, 4) is 0 Å². The molecule has 1 heterocycles. The van der Waals surface area contributed by atoms with Crippen molar-refractivity contribution in [2.45, 2.75) is 4.74 Å². The molecule has 1 atom stereocenters. The van der Waals surface area contributed by atoms with Crippen molar-refractivity contribution in [3.05, 3.63) is 0 Å². The van der Waals surface area contributed by atoms with Crippen LogP contribution in [0.1, 0.15) is 0 Å². The standard InChI is InChI=1S/C6H15N2PS/c1-7(2)6(8(3)4)9(5)10-6/h1-5H3. The monoisotopic (exact) mass is 178 g/mol. The van der Waals surface area contributed by atoms with E-state index in [0.717, 1.165) is 0 Å². The lowest BCUT2D eigenvalue weighted by molar-refractivity contribution is 0.187. The first kappa shape index (κ1) is 8.79. The molecule has 1 saturated heterocycles. The highest BCUT2D eigenvalue weighted by Gasteiger charge is 2.56. The molecular weight excluding hydrogens is 163 g/mol. The van der Waals surface area contributed by atoms with Gasteiger partial charge in [0.1, 0.15) is 0 Å². The molecule has 0 N–H and O–H groups in total. The Hall–Kier alpha value is 0.700. The highest BCUT2D eigenvalue weighted by molar-refractivity contribution is 8.72. The molecule has 0 bridgehead atoms. The summed E-state index contributed by atoms with van der Waals surface area (Å²) in [5.41, 5.74) is 0. The average molecular weight is 178 g/mol. The van der Waals surface area contributed by atoms with Crippen LogP contribution in [0.25, 0.3) is 0 Å². The summed E-state index contributed by atoms with van der Waals surface area (Å²) in [6, 6.07) is 0. The van der Waals surface area contributed by atoms with Crippen molar-refractivity contribution in [2.24, 2.45) is 0 Å². The van der Waals surface area contributed by atoms with Crippen LogP contribution in [0.15, 0.2) is 0 Å². The molecule has 60 valence electrons. The molecule has 0 aromatic rings. The summed E-state index contributed by atoms with van der Waals surface area (Å²) in [5, 5.41) is 0. The number of nitrogens with zero attached hydrogens (tertiary/aromatic N) is 2. The van der Waals surface area contributed by atoms with Crippen LogP contribution in [0.5, 0.6) is 0 Å². The van der Waals surface area contributed by atoms with Gasteiger partial charge in [-0.3, -0.25) is 9.80 Å². The van der Waals surface area contributed by atoms with Gasteiger partial charge < -0.3 is 0 Å². The fourth-order valence-electron chi connectivity index (χ4n) is 1.29. The van der Waals surface area contributed by atoms with Crippen LogP contribution in [0.3, 0.4) is 0 Å². The summed E-state index contributed by atoms with van der Waals surface area (Å²) >= 11 is 2.07. The van der Waals surface area contributed by atoms with Gasteiger partial charge >= 0.3 is 0 Å². The van der Waals surface area contributed by atoms with E-state index in [2.05, 4.69) is 56.0 Å². The third-order valence-corrected chi connectivity index (χ3v) is 7.23. The normalized spacial score (nSPS) is 29.7. The molecule has 4 heteroatoms. The van der Waals surface area contributed by atoms with Crippen LogP contribution in [-0.4, -0.2) is 49.4 Å². The van der Waals surface area contributed by atoms with Gasteiger partial charge in [0.2, 0.25) is 0 Å². The smallest absolute Gasteiger partial charge is 0.154 e. The molecule has 0 aromatic carbocycles. The molecule has 0 amide bonds. The van der Waals surface area contributed by atoms with Crippen molar-refractivity contribution < 1.29 is 0 Å². The van der Waals surface area contributed by atoms with E-state index in [1.165, 1.54) is 0 Å². The molecule has 1 aliphatic rings. The summed E-state index contributed by atoms with van der Waals surface area (Å²) in [6.07, 6.45) is 0. The molecule has 1 unspecified atom stereocenters. The zero-order valence-electron chi connectivity index (χ0n) is 7.25. The molecule has 1 rings (SSSR count). The van der Waals surface area contributed by atoms with Crippen molar-refractivity contribution in [3.63, 3.8) is 0 Å². The SMILES string of the molecule is CN(C)C1(N(C)C)SP1C. The third-order valence-electron chi connectivity index (χ3n) is 1.80. The Morgan fingerprint density at radius 2 is 1.40 bits per heavy atom. The summed E-state index contributed by atoms with van der Waals surface area (Å²) in [4.78, 5) is 4.62. The third kappa shape index (κ3) is 1.10. The number of rotatable bonds is 2. The Balaban J connectivity index is 2.64. The van der Waals surface area contributed by atoms with Crippen molar-refractivity contribution in [1.29, 1.82) is 0 Å². The maximum absolute atomic E-state index is 2.33. The van der Waals surface area contributed by atoms with Gasteiger partial charge in [-0.05, 0) is 34.9 Å². The van der Waals surface area contributed by atoms with E-state index in [9.17, 15) is 0 Å². The first-order chi connectivity index (χ1) is 4.51. The highest BCUT2D eigenvalue weighted by Crippen LogP contribution is 2.84. The number of hydrogen-bond donors (Lipinski definition) is 0. The molecule has 10 heavy (non-hydrogen) atoms. The maximum Gasteiger partial charge on any atom is 0.154 e. The van der Waals surface area contributed by atoms with Crippen LogP contribution in [0.2, 0.25) is 0 Å². The van der Waals surface area contributed by atoms with Gasteiger partial charge in [0.05, 0.1) is 0 Å². The molecule has 0 saturated carbocycles. The van der Waals surface area contributed by atoms with Crippen LogP contribution >= 0.6 is 18.5 Å². The van der Waals surface area contributed by atoms with E-state index in [1.807, 2.05) is 0 Å². The summed E-state index contributed by atoms with van der Waals surface area (Å²) in [5.74, 6) is 0. The predicted molar refractivity (Wildman–Crippen MR) is 50.5 cm³/mol. The fourth-order valence-corrected chi connectivity index (χ4v) is 6.74. The van der Waals surface area contributed by atoms with E-state index in [-0.39, 0.29) is 7.12 Å². The van der Waals surface area contributed by atoms with Gasteiger partial charge in [-0.25, -0.2) is 0 Å². The minimum atomic E-state index is 0.172. The molecule has 0 aromatic heterocycles. The van der Waals surface area contributed by atoms with Gasteiger partial charge in [-0.1, -0.05) is 11.4 Å². The van der Waals surface area contributed by atoms with Crippen molar-refractivity contribution >= 4 is 18.5 Å². The zero-order chi connectivity index (χ0) is 7.94. The molecule has 1 fully saturated rings. The van der Waals surface area contributed by atoms with Crippen molar-refractivity contribution in [2.75, 3.05) is 34.9 Å². The summed E-state index contributed by atoms with van der Waals surface area (Å²) < 4.78 is 0.356. The Morgan fingerprint density at radius 3 is 1.40 bits per heavy atom. The minimum absolute atomic E-state index is 0.172. The first-order valence-electron chi connectivity index (χ1n) is 3.29. The minimum Gasteiger partial charge on any atom is -0.278 e. The lowest BCUT2D eigenvalue weighted by atomic mass is 10.7. The second-order valence-corrected chi connectivity index (χ2v) is 7.82.